The first kappa shape index (κ1) is 22.2. The van der Waals surface area contributed by atoms with E-state index in [0.29, 0.717) is 10.7 Å². The number of aromatic nitrogens is 2. The molecule has 0 bridgehead atoms. The lowest BCUT2D eigenvalue weighted by Gasteiger charge is -2.31. The third-order valence-electron chi connectivity index (χ3n) is 5.10. The Morgan fingerprint density at radius 3 is 2.67 bits per heavy atom. The summed E-state index contributed by atoms with van der Waals surface area (Å²) < 4.78 is 16.0. The Hall–Kier alpha value is -4.05. The molecule has 1 atom stereocenters. The van der Waals surface area contributed by atoms with Crippen molar-refractivity contribution in [1.82, 2.24) is 14.6 Å². The Balaban J connectivity index is 1.51. The molecule has 0 fully saturated rings. The zero-order valence-corrected chi connectivity index (χ0v) is 18.1. The SMILES string of the molecule is CC1(C(=O)Nc2ccc(-n3ccccc3=O)cc2F)CC=NN1C(=O)Nc1ccc(Cl)cn1. The molecule has 2 aromatic heterocycles. The van der Waals surface area contributed by atoms with Crippen LogP contribution in [0.5, 0.6) is 0 Å². The number of hydrogen-bond acceptors (Lipinski definition) is 5. The van der Waals surface area contributed by atoms with Crippen molar-refractivity contribution >= 4 is 41.3 Å². The molecule has 33 heavy (non-hydrogen) atoms. The predicted molar refractivity (Wildman–Crippen MR) is 122 cm³/mol. The van der Waals surface area contributed by atoms with Crippen LogP contribution in [0.3, 0.4) is 0 Å². The number of urea groups is 1. The highest BCUT2D eigenvalue weighted by Crippen LogP contribution is 2.28. The first-order chi connectivity index (χ1) is 15.8. The van der Waals surface area contributed by atoms with Gasteiger partial charge in [-0.15, -0.1) is 0 Å². The molecule has 0 aliphatic carbocycles. The summed E-state index contributed by atoms with van der Waals surface area (Å²) in [5.41, 5.74) is -1.51. The number of anilines is 2. The molecule has 1 aromatic carbocycles. The van der Waals surface area contributed by atoms with Crippen molar-refractivity contribution in [2.75, 3.05) is 10.6 Å². The van der Waals surface area contributed by atoms with Crippen LogP contribution in [0.1, 0.15) is 13.3 Å². The first-order valence-electron chi connectivity index (χ1n) is 9.82. The van der Waals surface area contributed by atoms with E-state index in [-0.39, 0.29) is 23.5 Å². The van der Waals surface area contributed by atoms with Crippen molar-refractivity contribution in [2.24, 2.45) is 5.10 Å². The van der Waals surface area contributed by atoms with Gasteiger partial charge in [-0.05, 0) is 37.3 Å². The predicted octanol–water partition coefficient (Wildman–Crippen LogP) is 3.65. The highest BCUT2D eigenvalue weighted by molar-refractivity contribution is 6.30. The van der Waals surface area contributed by atoms with Gasteiger partial charge in [0.1, 0.15) is 17.2 Å². The minimum atomic E-state index is -1.40. The van der Waals surface area contributed by atoms with Crippen molar-refractivity contribution < 1.29 is 14.0 Å². The summed E-state index contributed by atoms with van der Waals surface area (Å²) in [4.78, 5) is 41.7. The molecule has 9 nitrogen and oxygen atoms in total. The number of carbonyl (C=O) groups excluding carboxylic acids is 2. The van der Waals surface area contributed by atoms with Crippen molar-refractivity contribution in [3.05, 3.63) is 82.1 Å². The maximum atomic E-state index is 14.7. The first-order valence-corrected chi connectivity index (χ1v) is 10.2. The number of carbonyl (C=O) groups is 2. The maximum Gasteiger partial charge on any atom is 0.344 e. The summed E-state index contributed by atoms with van der Waals surface area (Å²) in [7, 11) is 0. The van der Waals surface area contributed by atoms with Gasteiger partial charge in [0, 0.05) is 37.2 Å². The van der Waals surface area contributed by atoms with Crippen molar-refractivity contribution in [3.63, 3.8) is 0 Å². The molecule has 1 aliphatic heterocycles. The molecule has 11 heteroatoms. The summed E-state index contributed by atoms with van der Waals surface area (Å²) in [5, 5.41) is 10.4. The highest BCUT2D eigenvalue weighted by Gasteiger charge is 2.45. The van der Waals surface area contributed by atoms with Gasteiger partial charge in [0.2, 0.25) is 0 Å². The third kappa shape index (κ3) is 4.46. The smallest absolute Gasteiger partial charge is 0.321 e. The number of benzene rings is 1. The number of nitrogens with one attached hydrogen (secondary N) is 2. The molecule has 168 valence electrons. The lowest BCUT2D eigenvalue weighted by atomic mass is 9.97. The van der Waals surface area contributed by atoms with Gasteiger partial charge < -0.3 is 5.32 Å². The van der Waals surface area contributed by atoms with Crippen molar-refractivity contribution in [3.8, 4) is 5.69 Å². The topological polar surface area (TPSA) is 109 Å². The second kappa shape index (κ2) is 8.83. The molecule has 0 saturated carbocycles. The number of hydrogen-bond donors (Lipinski definition) is 2. The largest absolute Gasteiger partial charge is 0.344 e. The van der Waals surface area contributed by atoms with E-state index in [2.05, 4.69) is 20.7 Å². The molecule has 3 aromatic rings. The Morgan fingerprint density at radius 1 is 1.15 bits per heavy atom. The molecule has 3 heterocycles. The minimum absolute atomic E-state index is 0.0967. The van der Waals surface area contributed by atoms with Crippen LogP contribution in [0.2, 0.25) is 5.02 Å². The number of pyridine rings is 2. The molecule has 2 N–H and O–H groups in total. The lowest BCUT2D eigenvalue weighted by Crippen LogP contribution is -2.53. The summed E-state index contributed by atoms with van der Waals surface area (Å²) in [6, 6.07) is 11.0. The summed E-state index contributed by atoms with van der Waals surface area (Å²) >= 11 is 5.79. The van der Waals surface area contributed by atoms with Crippen LogP contribution in [0.4, 0.5) is 20.7 Å². The average Bonchev–Trinajstić information content (AvgIpc) is 3.20. The van der Waals surface area contributed by atoms with E-state index >= 15 is 0 Å². The Labute approximate surface area is 192 Å². The summed E-state index contributed by atoms with van der Waals surface area (Å²) in [6.45, 7) is 1.51. The highest BCUT2D eigenvalue weighted by atomic mass is 35.5. The molecule has 0 spiro atoms. The molecular weight excluding hydrogens is 451 g/mol. The van der Waals surface area contributed by atoms with E-state index in [1.54, 1.807) is 18.2 Å². The average molecular weight is 469 g/mol. The van der Waals surface area contributed by atoms with Gasteiger partial charge in [0.25, 0.3) is 11.5 Å². The number of halogens is 2. The van der Waals surface area contributed by atoms with Crippen LogP contribution < -0.4 is 16.2 Å². The van der Waals surface area contributed by atoms with Gasteiger partial charge >= 0.3 is 6.03 Å². The van der Waals surface area contributed by atoms with Crippen LogP contribution in [0.15, 0.2) is 70.8 Å². The van der Waals surface area contributed by atoms with Gasteiger partial charge in [-0.2, -0.15) is 10.1 Å². The van der Waals surface area contributed by atoms with E-state index in [0.717, 1.165) is 11.1 Å². The summed E-state index contributed by atoms with van der Waals surface area (Å²) in [5.74, 6) is -1.14. The number of rotatable bonds is 4. The second-order valence-electron chi connectivity index (χ2n) is 7.41. The number of amides is 3. The molecule has 1 aliphatic rings. The number of hydrazone groups is 1. The van der Waals surface area contributed by atoms with Crippen LogP contribution in [0, 0.1) is 5.82 Å². The Morgan fingerprint density at radius 2 is 1.97 bits per heavy atom. The van der Waals surface area contributed by atoms with Crippen LogP contribution in [0.25, 0.3) is 5.69 Å². The molecule has 0 radical (unpaired) electrons. The van der Waals surface area contributed by atoms with Gasteiger partial charge in [0.15, 0.2) is 0 Å². The van der Waals surface area contributed by atoms with E-state index in [9.17, 15) is 18.8 Å². The minimum Gasteiger partial charge on any atom is -0.321 e. The van der Waals surface area contributed by atoms with Crippen LogP contribution in [-0.2, 0) is 4.79 Å². The van der Waals surface area contributed by atoms with Gasteiger partial charge in [0.05, 0.1) is 16.4 Å². The van der Waals surface area contributed by atoms with Crippen LogP contribution >= 0.6 is 11.6 Å². The molecule has 3 amide bonds. The summed E-state index contributed by atoms with van der Waals surface area (Å²) in [6.07, 6.45) is 4.43. The lowest BCUT2D eigenvalue weighted by molar-refractivity contribution is -0.124. The fourth-order valence-electron chi connectivity index (χ4n) is 3.24. The van der Waals surface area contributed by atoms with E-state index in [1.807, 2.05) is 0 Å². The Kier molecular flexibility index (Phi) is 5.93. The normalized spacial score (nSPS) is 17.1. The van der Waals surface area contributed by atoms with Gasteiger partial charge in [-0.3, -0.25) is 19.5 Å². The van der Waals surface area contributed by atoms with Crippen molar-refractivity contribution in [1.29, 1.82) is 0 Å². The van der Waals surface area contributed by atoms with Crippen molar-refractivity contribution in [2.45, 2.75) is 18.9 Å². The molecule has 4 rings (SSSR count). The van der Waals surface area contributed by atoms with Crippen LogP contribution in [-0.4, -0.2) is 38.3 Å². The zero-order valence-electron chi connectivity index (χ0n) is 17.3. The quantitative estimate of drug-likeness (QED) is 0.609. The van der Waals surface area contributed by atoms with E-state index < -0.39 is 23.3 Å². The number of nitrogens with zero attached hydrogens (tertiary/aromatic N) is 4. The van der Waals surface area contributed by atoms with E-state index in [1.165, 1.54) is 54.4 Å². The fourth-order valence-corrected chi connectivity index (χ4v) is 3.36. The van der Waals surface area contributed by atoms with Gasteiger partial charge in [-0.1, -0.05) is 17.7 Å². The maximum absolute atomic E-state index is 14.7. The van der Waals surface area contributed by atoms with E-state index in [4.69, 9.17) is 11.6 Å². The molecule has 0 saturated heterocycles. The third-order valence-corrected chi connectivity index (χ3v) is 5.32. The fraction of sp³-hybridized carbons (Fsp3) is 0.136. The zero-order chi connectivity index (χ0) is 23.6. The Bertz CT molecular complexity index is 1310. The monoisotopic (exact) mass is 468 g/mol. The van der Waals surface area contributed by atoms with Gasteiger partial charge in [-0.25, -0.2) is 14.2 Å². The standard InChI is InChI=1S/C22H18ClFN6O3/c1-22(9-10-26-30(22)21(33)28-18-8-5-14(23)13-25-18)20(32)27-17-7-6-15(12-16(17)24)29-11-3-2-4-19(29)31/h2-8,10-13H,9H2,1H3,(H,27,32)(H,25,28,33). The molecular formula is C22H18ClFN6O3. The second-order valence-corrected chi connectivity index (χ2v) is 7.84. The molecule has 1 unspecified atom stereocenters.